The van der Waals surface area contributed by atoms with Crippen LogP contribution in [0.4, 0.5) is 26.3 Å². The van der Waals surface area contributed by atoms with Crippen molar-refractivity contribution in [3.05, 3.63) is 43.4 Å². The van der Waals surface area contributed by atoms with Crippen molar-refractivity contribution in [3.8, 4) is 0 Å². The number of alkyl halides is 6. The van der Waals surface area contributed by atoms with E-state index in [9.17, 15) is 31.1 Å². The van der Waals surface area contributed by atoms with Crippen LogP contribution in [-0.2, 0) is 12.4 Å². The summed E-state index contributed by atoms with van der Waals surface area (Å²) in [4.78, 5) is 20.1. The van der Waals surface area contributed by atoms with E-state index in [1.165, 1.54) is 5.38 Å². The molecule has 0 spiro atoms. The van der Waals surface area contributed by atoms with Gasteiger partial charge in [0, 0.05) is 10.8 Å². The SMILES string of the molecule is Brc1csc(Br)n1.FC(F)(F)c1nc(Br)cs1.O=C(O)c1sc(C(F)(F)F)nc1Br. The highest BCUT2D eigenvalue weighted by Gasteiger charge is 2.36. The zero-order valence-electron chi connectivity index (χ0n) is 13.4. The van der Waals surface area contributed by atoms with Gasteiger partial charge in [-0.2, -0.15) is 26.3 Å². The van der Waals surface area contributed by atoms with Gasteiger partial charge in [0.1, 0.15) is 18.7 Å². The Morgan fingerprint density at radius 2 is 1.33 bits per heavy atom. The molecule has 0 unspecified atom stereocenters. The Morgan fingerprint density at radius 3 is 1.53 bits per heavy atom. The fraction of sp³-hybridized carbons (Fsp3) is 0.167. The average Bonchev–Trinajstić information content (AvgIpc) is 3.28. The van der Waals surface area contributed by atoms with Gasteiger partial charge in [-0.15, -0.1) is 34.0 Å². The van der Waals surface area contributed by atoms with Gasteiger partial charge in [-0.05, 0) is 63.7 Å². The summed E-state index contributed by atoms with van der Waals surface area (Å²) in [5, 5.41) is 9.64. The summed E-state index contributed by atoms with van der Waals surface area (Å²) in [6, 6.07) is 0. The zero-order chi connectivity index (χ0) is 23.3. The number of thiazole rings is 3. The van der Waals surface area contributed by atoms with Gasteiger partial charge in [-0.3, -0.25) is 0 Å². The summed E-state index contributed by atoms with van der Waals surface area (Å²) >= 11 is 14.1. The molecule has 0 fully saturated rings. The monoisotopic (exact) mass is 747 g/mol. The van der Waals surface area contributed by atoms with E-state index < -0.39 is 33.2 Å². The molecule has 0 radical (unpaired) electrons. The van der Waals surface area contributed by atoms with Crippen LogP contribution in [-0.4, -0.2) is 26.0 Å². The second-order valence-electron chi connectivity index (χ2n) is 4.34. The molecule has 0 saturated heterocycles. The molecule has 5 nitrogen and oxygen atoms in total. The molecule has 3 aromatic rings. The zero-order valence-corrected chi connectivity index (χ0v) is 22.1. The number of aromatic nitrogens is 3. The van der Waals surface area contributed by atoms with Crippen molar-refractivity contribution >= 4 is 104 Å². The van der Waals surface area contributed by atoms with Gasteiger partial charge in [-0.1, -0.05) is 0 Å². The van der Waals surface area contributed by atoms with E-state index in [-0.39, 0.29) is 20.5 Å². The first-order valence-electron chi connectivity index (χ1n) is 6.52. The summed E-state index contributed by atoms with van der Waals surface area (Å²) in [5.74, 6) is -1.43. The Balaban J connectivity index is 0.000000235. The van der Waals surface area contributed by atoms with Crippen LogP contribution in [0.3, 0.4) is 0 Å². The Kier molecular flexibility index (Phi) is 10.8. The quantitative estimate of drug-likeness (QED) is 0.254. The van der Waals surface area contributed by atoms with E-state index in [2.05, 4.69) is 78.7 Å². The molecule has 1 N–H and O–H groups in total. The smallest absolute Gasteiger partial charge is 0.443 e. The van der Waals surface area contributed by atoms with Crippen molar-refractivity contribution in [1.82, 2.24) is 15.0 Å². The highest BCUT2D eigenvalue weighted by molar-refractivity contribution is 9.11. The first kappa shape index (κ1) is 27.9. The second kappa shape index (κ2) is 11.6. The van der Waals surface area contributed by atoms with Gasteiger partial charge >= 0.3 is 18.3 Å². The lowest BCUT2D eigenvalue weighted by atomic mass is 10.6. The highest BCUT2D eigenvalue weighted by Crippen LogP contribution is 2.36. The van der Waals surface area contributed by atoms with Crippen molar-refractivity contribution in [1.29, 1.82) is 0 Å². The van der Waals surface area contributed by atoms with Crippen LogP contribution in [0.5, 0.6) is 0 Å². The number of hydrogen-bond acceptors (Lipinski definition) is 7. The Morgan fingerprint density at radius 1 is 0.833 bits per heavy atom. The molecule has 3 heterocycles. The third kappa shape index (κ3) is 9.56. The summed E-state index contributed by atoms with van der Waals surface area (Å²) in [7, 11) is 0. The largest absolute Gasteiger partial charge is 0.477 e. The molecular formula is C12H3Br4F6N3O2S3. The number of aromatic carboxylic acids is 1. The standard InChI is InChI=1S/C5HBrF3NO2S.C4HBrF3NS.C3HBr2NS/c6-2-1(3(11)12)13-4(10-2)5(7,8)9;5-2-1-10-3(9-2)4(6,7)8;4-2-1-7-3(5)6-2/h(H,11,12);1H;1H. The topological polar surface area (TPSA) is 76.0 Å². The minimum Gasteiger partial charge on any atom is -0.477 e. The summed E-state index contributed by atoms with van der Waals surface area (Å²) in [6.07, 6.45) is -8.91. The van der Waals surface area contributed by atoms with E-state index in [0.29, 0.717) is 11.3 Å². The molecule has 3 rings (SSSR count). The van der Waals surface area contributed by atoms with Crippen molar-refractivity contribution in [3.63, 3.8) is 0 Å². The minimum absolute atomic E-state index is 0.0920. The van der Waals surface area contributed by atoms with Gasteiger partial charge in [-0.25, -0.2) is 19.7 Å². The van der Waals surface area contributed by atoms with Crippen molar-refractivity contribution in [2.75, 3.05) is 0 Å². The number of carboxylic acids is 1. The number of carbonyl (C=O) groups is 1. The fourth-order valence-corrected chi connectivity index (χ4v) is 5.35. The second-order valence-corrected chi connectivity index (χ2v) is 10.7. The molecular weight excluding hydrogens is 748 g/mol. The molecule has 0 aliphatic rings. The molecule has 30 heavy (non-hydrogen) atoms. The Bertz CT molecular complexity index is 972. The molecule has 0 aromatic carbocycles. The average molecular weight is 751 g/mol. The van der Waals surface area contributed by atoms with Gasteiger partial charge in [0.2, 0.25) is 0 Å². The van der Waals surface area contributed by atoms with E-state index in [1.54, 1.807) is 11.3 Å². The van der Waals surface area contributed by atoms with Gasteiger partial charge in [0.05, 0.1) is 0 Å². The lowest BCUT2D eigenvalue weighted by molar-refractivity contribution is -0.138. The van der Waals surface area contributed by atoms with Crippen molar-refractivity contribution in [2.24, 2.45) is 0 Å². The summed E-state index contributed by atoms with van der Waals surface area (Å²) in [6.45, 7) is 0. The van der Waals surface area contributed by atoms with Crippen LogP contribution in [0.25, 0.3) is 0 Å². The Hall–Kier alpha value is -0.140. The molecule has 0 atom stereocenters. The van der Waals surface area contributed by atoms with Crippen LogP contribution >= 0.6 is 97.7 Å². The lowest BCUT2D eigenvalue weighted by Crippen LogP contribution is -2.03. The number of carboxylic acid groups (broad SMARTS) is 1. The van der Waals surface area contributed by atoms with Crippen LogP contribution in [0.2, 0.25) is 0 Å². The van der Waals surface area contributed by atoms with Crippen molar-refractivity contribution in [2.45, 2.75) is 12.4 Å². The fourth-order valence-electron chi connectivity index (χ4n) is 1.17. The predicted octanol–water partition coefficient (Wildman–Crippen LogP) is 8.22. The normalized spacial score (nSPS) is 11.3. The lowest BCUT2D eigenvalue weighted by Gasteiger charge is -1.98. The number of hydrogen-bond donors (Lipinski definition) is 1. The number of halogens is 10. The molecule has 0 saturated carbocycles. The molecule has 0 aliphatic carbocycles. The third-order valence-corrected chi connectivity index (χ3v) is 7.78. The van der Waals surface area contributed by atoms with E-state index in [0.717, 1.165) is 8.52 Å². The third-order valence-electron chi connectivity index (χ3n) is 2.19. The van der Waals surface area contributed by atoms with Gasteiger partial charge < -0.3 is 5.11 Å². The van der Waals surface area contributed by atoms with Crippen molar-refractivity contribution < 1.29 is 36.2 Å². The van der Waals surface area contributed by atoms with Crippen LogP contribution < -0.4 is 0 Å². The number of rotatable bonds is 1. The Labute approximate surface area is 209 Å². The predicted molar refractivity (Wildman–Crippen MR) is 114 cm³/mol. The van der Waals surface area contributed by atoms with E-state index in [4.69, 9.17) is 5.11 Å². The minimum atomic E-state index is -4.60. The van der Waals surface area contributed by atoms with E-state index in [1.807, 2.05) is 5.38 Å². The first-order chi connectivity index (χ1) is 13.6. The summed E-state index contributed by atoms with van der Waals surface area (Å²) in [5.41, 5.74) is 0. The van der Waals surface area contributed by atoms with Crippen LogP contribution in [0.1, 0.15) is 19.7 Å². The first-order valence-corrected chi connectivity index (χ1v) is 12.3. The highest BCUT2D eigenvalue weighted by atomic mass is 79.9. The molecule has 0 bridgehead atoms. The summed E-state index contributed by atoms with van der Waals surface area (Å²) < 4.78 is 72.9. The van der Waals surface area contributed by atoms with E-state index >= 15 is 0 Å². The molecule has 3 aromatic heterocycles. The molecule has 0 amide bonds. The number of nitrogens with zero attached hydrogens (tertiary/aromatic N) is 3. The maximum absolute atomic E-state index is 12.0. The maximum Gasteiger partial charge on any atom is 0.443 e. The van der Waals surface area contributed by atoms with Crippen LogP contribution in [0.15, 0.2) is 28.5 Å². The molecule has 18 heteroatoms. The molecule has 166 valence electrons. The van der Waals surface area contributed by atoms with Crippen LogP contribution in [0, 0.1) is 0 Å². The van der Waals surface area contributed by atoms with Gasteiger partial charge in [0.25, 0.3) is 0 Å². The van der Waals surface area contributed by atoms with Gasteiger partial charge in [0.15, 0.2) is 13.9 Å². The maximum atomic E-state index is 12.0. The molecule has 0 aliphatic heterocycles.